The second-order valence-electron chi connectivity index (χ2n) is 9.47. The smallest absolute Gasteiger partial charge is 0.259 e. The lowest BCUT2D eigenvalue weighted by molar-refractivity contribution is 0.191. The topological polar surface area (TPSA) is 124 Å². The first-order valence-electron chi connectivity index (χ1n) is 12.4. The Morgan fingerprint density at radius 1 is 1.17 bits per heavy atom. The predicted molar refractivity (Wildman–Crippen MR) is 140 cm³/mol. The molecule has 184 valence electrons. The molecule has 5 aromatic rings. The van der Waals surface area contributed by atoms with Crippen molar-refractivity contribution in [2.75, 3.05) is 25.4 Å². The molecule has 0 atom stereocenters. The van der Waals surface area contributed by atoms with Crippen LogP contribution in [-0.2, 0) is 6.54 Å². The van der Waals surface area contributed by atoms with Crippen LogP contribution >= 0.6 is 0 Å². The summed E-state index contributed by atoms with van der Waals surface area (Å²) < 4.78 is 3.84. The Balaban J connectivity index is 1.53. The summed E-state index contributed by atoms with van der Waals surface area (Å²) in [5, 5.41) is 14.2. The zero-order valence-electron chi connectivity index (χ0n) is 20.5. The van der Waals surface area contributed by atoms with Gasteiger partial charge in [0.25, 0.3) is 5.56 Å². The number of aryl methyl sites for hydroxylation is 1. The van der Waals surface area contributed by atoms with Crippen LogP contribution in [0.25, 0.3) is 33.1 Å². The van der Waals surface area contributed by atoms with Gasteiger partial charge in [0.15, 0.2) is 5.65 Å². The number of anilines is 1. The van der Waals surface area contributed by atoms with Gasteiger partial charge in [-0.25, -0.2) is 14.6 Å². The average molecular weight is 484 g/mol. The normalized spacial score (nSPS) is 15.3. The molecule has 0 aliphatic carbocycles. The molecule has 1 aliphatic heterocycles. The molecule has 1 aliphatic rings. The summed E-state index contributed by atoms with van der Waals surface area (Å²) in [6.45, 7) is 7.58. The van der Waals surface area contributed by atoms with Crippen LogP contribution in [0, 0.1) is 6.92 Å². The van der Waals surface area contributed by atoms with Crippen LogP contribution in [0.1, 0.15) is 37.1 Å². The Labute approximate surface area is 207 Å². The first kappa shape index (κ1) is 22.4. The molecule has 4 aromatic heterocycles. The van der Waals surface area contributed by atoms with Crippen molar-refractivity contribution >= 4 is 27.6 Å². The van der Waals surface area contributed by atoms with Crippen molar-refractivity contribution in [3.63, 3.8) is 0 Å². The van der Waals surface area contributed by atoms with Crippen molar-refractivity contribution in [1.82, 2.24) is 39.4 Å². The van der Waals surface area contributed by atoms with Crippen LogP contribution in [0.5, 0.6) is 0 Å². The van der Waals surface area contributed by atoms with Crippen molar-refractivity contribution in [2.24, 2.45) is 0 Å². The van der Waals surface area contributed by atoms with E-state index in [0.29, 0.717) is 29.1 Å². The number of hydrogen-bond acceptors (Lipinski definition) is 7. The van der Waals surface area contributed by atoms with E-state index < -0.39 is 0 Å². The number of H-pyrrole nitrogens is 1. The lowest BCUT2D eigenvalue weighted by atomic mass is 10.0. The van der Waals surface area contributed by atoms with E-state index >= 15 is 0 Å². The number of benzene rings is 1. The minimum Gasteiger partial charge on any atom is -0.383 e. The second kappa shape index (κ2) is 8.87. The maximum atomic E-state index is 14.0. The molecule has 0 radical (unpaired) electrons. The van der Waals surface area contributed by atoms with Gasteiger partial charge in [0.05, 0.1) is 23.5 Å². The van der Waals surface area contributed by atoms with Crippen LogP contribution < -0.4 is 11.3 Å². The molecule has 5 heterocycles. The molecule has 10 nitrogen and oxygen atoms in total. The number of nitrogens with two attached hydrogens (primary N) is 1. The van der Waals surface area contributed by atoms with Gasteiger partial charge in [0, 0.05) is 36.6 Å². The van der Waals surface area contributed by atoms with Crippen LogP contribution in [0.2, 0.25) is 0 Å². The van der Waals surface area contributed by atoms with Crippen LogP contribution in [0.3, 0.4) is 0 Å². The lowest BCUT2D eigenvalue weighted by Gasteiger charge is -2.33. The number of piperidine rings is 1. The molecule has 10 heteroatoms. The molecule has 36 heavy (non-hydrogen) atoms. The lowest BCUT2D eigenvalue weighted by Crippen LogP contribution is -2.38. The summed E-state index contributed by atoms with van der Waals surface area (Å²) in [6, 6.07) is 8.28. The highest BCUT2D eigenvalue weighted by Gasteiger charge is 2.25. The second-order valence-corrected chi connectivity index (χ2v) is 9.47. The van der Waals surface area contributed by atoms with E-state index in [1.807, 2.05) is 34.4 Å². The summed E-state index contributed by atoms with van der Waals surface area (Å²) in [5.74, 6) is 0.362. The third-order valence-electron chi connectivity index (χ3n) is 7.38. The van der Waals surface area contributed by atoms with Gasteiger partial charge >= 0.3 is 0 Å². The number of nitrogens with one attached hydrogen (secondary N) is 1. The molecule has 0 amide bonds. The average Bonchev–Trinajstić information content (AvgIpc) is 3.54. The van der Waals surface area contributed by atoms with E-state index in [1.165, 1.54) is 6.33 Å². The van der Waals surface area contributed by atoms with E-state index in [-0.39, 0.29) is 11.6 Å². The Hall–Kier alpha value is -4.05. The summed E-state index contributed by atoms with van der Waals surface area (Å²) in [7, 11) is 0. The molecule has 1 aromatic carbocycles. The van der Waals surface area contributed by atoms with Crippen molar-refractivity contribution in [2.45, 2.75) is 39.3 Å². The first-order chi connectivity index (χ1) is 17.5. The predicted octanol–water partition coefficient (Wildman–Crippen LogP) is 3.13. The summed E-state index contributed by atoms with van der Waals surface area (Å²) >= 11 is 0. The number of aromatic amines is 1. The molecule has 1 fully saturated rings. The largest absolute Gasteiger partial charge is 0.383 e. The third kappa shape index (κ3) is 3.65. The Kier molecular flexibility index (Phi) is 5.52. The third-order valence-corrected chi connectivity index (χ3v) is 7.38. The standard InChI is InChI=1S/C26H29N9O/c1-3-33-9-7-19(8-10-33)35-20(11-17-6-4-5-16(2)21(17)26(35)36)14-34-25-22(24(27)28-15-29-25)23(32-34)18-12-30-31-13-18/h4-6,11-13,15,19H,3,7-10,14H2,1-2H3,(H,30,31)(H2,27,28,29). The maximum absolute atomic E-state index is 14.0. The summed E-state index contributed by atoms with van der Waals surface area (Å²) in [5.41, 5.74) is 10.3. The number of likely N-dealkylation sites (tertiary alicyclic amines) is 1. The van der Waals surface area contributed by atoms with Gasteiger partial charge in [-0.05, 0) is 43.3 Å². The van der Waals surface area contributed by atoms with E-state index in [1.54, 1.807) is 12.4 Å². The zero-order valence-corrected chi connectivity index (χ0v) is 20.5. The highest BCUT2D eigenvalue weighted by Crippen LogP contribution is 2.31. The number of fused-ring (bicyclic) bond motifs is 2. The van der Waals surface area contributed by atoms with Crippen molar-refractivity contribution in [3.05, 3.63) is 64.6 Å². The Morgan fingerprint density at radius 2 is 2.00 bits per heavy atom. The van der Waals surface area contributed by atoms with Crippen molar-refractivity contribution in [1.29, 1.82) is 0 Å². The Bertz CT molecular complexity index is 1610. The fourth-order valence-electron chi connectivity index (χ4n) is 5.50. The quantitative estimate of drug-likeness (QED) is 0.394. The molecule has 0 bridgehead atoms. The number of rotatable bonds is 5. The molecule has 1 saturated heterocycles. The van der Waals surface area contributed by atoms with Gasteiger partial charge in [0.2, 0.25) is 0 Å². The van der Waals surface area contributed by atoms with Gasteiger partial charge in [-0.2, -0.15) is 10.2 Å². The minimum absolute atomic E-state index is 0.0659. The molecule has 0 spiro atoms. The van der Waals surface area contributed by atoms with Crippen molar-refractivity contribution < 1.29 is 0 Å². The highest BCUT2D eigenvalue weighted by molar-refractivity contribution is 5.98. The molecular formula is C26H29N9O. The molecule has 3 N–H and O–H groups in total. The number of nitrogens with zero attached hydrogens (tertiary/aromatic N) is 7. The maximum Gasteiger partial charge on any atom is 0.259 e. The monoisotopic (exact) mass is 483 g/mol. The minimum atomic E-state index is 0.0659. The van der Waals surface area contributed by atoms with Gasteiger partial charge in [-0.3, -0.25) is 9.89 Å². The first-order valence-corrected chi connectivity index (χ1v) is 12.4. The van der Waals surface area contributed by atoms with E-state index in [2.05, 4.69) is 38.1 Å². The van der Waals surface area contributed by atoms with E-state index in [0.717, 1.165) is 60.1 Å². The van der Waals surface area contributed by atoms with Crippen molar-refractivity contribution in [3.8, 4) is 11.3 Å². The number of nitrogen functional groups attached to an aromatic ring is 1. The zero-order chi connectivity index (χ0) is 24.8. The molecular weight excluding hydrogens is 454 g/mol. The molecule has 6 rings (SSSR count). The van der Waals surface area contributed by atoms with Crippen LogP contribution in [0.4, 0.5) is 5.82 Å². The summed E-state index contributed by atoms with van der Waals surface area (Å²) in [4.78, 5) is 25.1. The number of pyridine rings is 1. The number of hydrogen-bond donors (Lipinski definition) is 2. The van der Waals surface area contributed by atoms with E-state index in [9.17, 15) is 4.79 Å². The van der Waals surface area contributed by atoms with E-state index in [4.69, 9.17) is 10.8 Å². The van der Waals surface area contributed by atoms with Gasteiger partial charge < -0.3 is 15.2 Å². The summed E-state index contributed by atoms with van der Waals surface area (Å²) in [6.07, 6.45) is 6.80. The fourth-order valence-corrected chi connectivity index (χ4v) is 5.50. The van der Waals surface area contributed by atoms with Gasteiger partial charge in [-0.1, -0.05) is 25.1 Å². The van der Waals surface area contributed by atoms with Crippen LogP contribution in [-0.4, -0.2) is 59.0 Å². The fraction of sp³-hybridized carbons (Fsp3) is 0.346. The SMILES string of the molecule is CCN1CCC(n2c(Cn3nc(-c4cn[nH]c4)c4c(N)ncnc43)cc3cccc(C)c3c2=O)CC1. The highest BCUT2D eigenvalue weighted by atomic mass is 16.1. The molecule has 0 unspecified atom stereocenters. The van der Waals surface area contributed by atoms with Gasteiger partial charge in [-0.15, -0.1) is 0 Å². The number of aromatic nitrogens is 7. The molecule has 0 saturated carbocycles. The van der Waals surface area contributed by atoms with Gasteiger partial charge in [0.1, 0.15) is 17.8 Å². The Morgan fingerprint density at radius 3 is 2.75 bits per heavy atom. The van der Waals surface area contributed by atoms with Crippen LogP contribution in [0.15, 0.2) is 47.8 Å².